The normalized spacial score (nSPS) is 13.2. The number of hydrogen-bond donors (Lipinski definition) is 0. The predicted molar refractivity (Wildman–Crippen MR) is 122 cm³/mol. The molecule has 33 heavy (non-hydrogen) atoms. The number of fused-ring (bicyclic) bond motifs is 2. The Hall–Kier alpha value is -3.81. The molecule has 1 aliphatic heterocycles. The van der Waals surface area contributed by atoms with Crippen molar-refractivity contribution in [3.63, 3.8) is 0 Å². The number of carbonyl (C=O) groups is 1. The van der Waals surface area contributed by atoms with Crippen molar-refractivity contribution in [2.75, 3.05) is 6.61 Å². The second-order valence-corrected chi connectivity index (χ2v) is 8.70. The maximum atomic E-state index is 15.6. The van der Waals surface area contributed by atoms with Gasteiger partial charge in [-0.05, 0) is 47.4 Å². The summed E-state index contributed by atoms with van der Waals surface area (Å²) in [5.74, 6) is 0.126. The molecule has 0 saturated heterocycles. The Balaban J connectivity index is 1.55. The fourth-order valence-electron chi connectivity index (χ4n) is 4.09. The number of amides is 1. The minimum Gasteiger partial charge on any atom is -0.493 e. The first kappa shape index (κ1) is 21.1. The third kappa shape index (κ3) is 3.92. The zero-order chi connectivity index (χ0) is 23.1. The van der Waals surface area contributed by atoms with Crippen LogP contribution in [-0.4, -0.2) is 37.2 Å². The maximum absolute atomic E-state index is 15.6. The van der Waals surface area contributed by atoms with Crippen molar-refractivity contribution in [1.82, 2.24) is 24.6 Å². The molecule has 8 heteroatoms. The number of ether oxygens (including phenoxy) is 1. The van der Waals surface area contributed by atoms with Gasteiger partial charge in [-0.2, -0.15) is 5.10 Å². The quantitative estimate of drug-likeness (QED) is 0.441. The smallest absolute Gasteiger partial charge is 0.256 e. The van der Waals surface area contributed by atoms with E-state index in [-0.39, 0.29) is 18.4 Å². The van der Waals surface area contributed by atoms with Gasteiger partial charge in [0.15, 0.2) is 5.65 Å². The molecule has 4 aromatic rings. The van der Waals surface area contributed by atoms with E-state index in [1.807, 2.05) is 39.2 Å². The molecule has 168 valence electrons. The summed E-state index contributed by atoms with van der Waals surface area (Å²) < 4.78 is 23.3. The fraction of sp³-hybridized carbons (Fsp3) is 0.280. The van der Waals surface area contributed by atoms with Gasteiger partial charge < -0.3 is 9.64 Å². The molecule has 0 spiro atoms. The second-order valence-electron chi connectivity index (χ2n) is 8.70. The Kier molecular flexibility index (Phi) is 5.28. The molecule has 1 aliphatic rings. The van der Waals surface area contributed by atoms with Crippen LogP contribution in [0.15, 0.2) is 48.9 Å². The molecular formula is C25H24FN5O2. The van der Waals surface area contributed by atoms with Crippen LogP contribution in [0.4, 0.5) is 4.39 Å². The minimum absolute atomic E-state index is 0.105. The molecule has 5 rings (SSSR count). The number of nitrogens with zero attached hydrogens (tertiary/aromatic N) is 5. The van der Waals surface area contributed by atoms with Crippen molar-refractivity contribution in [3.8, 4) is 16.9 Å². The number of aryl methyl sites for hydroxylation is 1. The lowest BCUT2D eigenvalue weighted by atomic mass is 10.0. The average molecular weight is 445 g/mol. The Bertz CT molecular complexity index is 1360. The Morgan fingerprint density at radius 2 is 2.00 bits per heavy atom. The van der Waals surface area contributed by atoms with E-state index >= 15 is 4.39 Å². The van der Waals surface area contributed by atoms with Gasteiger partial charge in [0.2, 0.25) is 0 Å². The summed E-state index contributed by atoms with van der Waals surface area (Å²) in [7, 11) is 1.83. The highest BCUT2D eigenvalue weighted by Crippen LogP contribution is 2.35. The summed E-state index contributed by atoms with van der Waals surface area (Å²) in [6.45, 7) is 4.96. The van der Waals surface area contributed by atoms with Gasteiger partial charge in [-0.3, -0.25) is 14.5 Å². The summed E-state index contributed by atoms with van der Waals surface area (Å²) in [4.78, 5) is 23.0. The Morgan fingerprint density at radius 1 is 1.15 bits per heavy atom. The standard InChI is InChI=1S/C25H24FN5O2/c1-15(2)14-33-23-10-16(17-6-8-28-24-19(17)11-30(3)29-24)9-21(26)20(23)12-31-13-22-18(25(31)32)5-4-7-27-22/h4-11,15H,12-14H2,1-3H3. The number of rotatable bonds is 6. The van der Waals surface area contributed by atoms with E-state index < -0.39 is 5.82 Å². The predicted octanol–water partition coefficient (Wildman–Crippen LogP) is 4.36. The van der Waals surface area contributed by atoms with Gasteiger partial charge in [0.05, 0.1) is 31.0 Å². The van der Waals surface area contributed by atoms with E-state index in [4.69, 9.17) is 4.74 Å². The molecule has 1 amide bonds. The van der Waals surface area contributed by atoms with Crippen LogP contribution in [0, 0.1) is 11.7 Å². The Morgan fingerprint density at radius 3 is 2.79 bits per heavy atom. The van der Waals surface area contributed by atoms with Crippen molar-refractivity contribution in [2.24, 2.45) is 13.0 Å². The SMILES string of the molecule is CC(C)COc1cc(-c2ccnc3nn(C)cc23)cc(F)c1CN1Cc2ncccc2C1=O. The van der Waals surface area contributed by atoms with Crippen LogP contribution in [0.1, 0.15) is 35.5 Å². The molecule has 0 aliphatic carbocycles. The van der Waals surface area contributed by atoms with Crippen molar-refractivity contribution >= 4 is 16.9 Å². The lowest BCUT2D eigenvalue weighted by molar-refractivity contribution is 0.0763. The molecule has 3 aromatic heterocycles. The topological polar surface area (TPSA) is 73.1 Å². The first-order valence-electron chi connectivity index (χ1n) is 10.9. The molecule has 0 N–H and O–H groups in total. The molecule has 4 heterocycles. The largest absolute Gasteiger partial charge is 0.493 e. The van der Waals surface area contributed by atoms with Crippen molar-refractivity contribution in [1.29, 1.82) is 0 Å². The summed E-state index contributed by atoms with van der Waals surface area (Å²) in [5.41, 5.74) is 3.72. The summed E-state index contributed by atoms with van der Waals surface area (Å²) in [6.07, 6.45) is 5.19. The number of aromatic nitrogens is 4. The van der Waals surface area contributed by atoms with E-state index in [1.165, 1.54) is 6.07 Å². The van der Waals surface area contributed by atoms with Crippen molar-refractivity contribution in [3.05, 3.63) is 71.6 Å². The monoisotopic (exact) mass is 445 g/mol. The summed E-state index contributed by atoms with van der Waals surface area (Å²) in [5, 5.41) is 5.18. The van der Waals surface area contributed by atoms with Crippen LogP contribution in [0.3, 0.4) is 0 Å². The highest BCUT2D eigenvalue weighted by atomic mass is 19.1. The van der Waals surface area contributed by atoms with Crippen LogP contribution in [-0.2, 0) is 20.1 Å². The summed E-state index contributed by atoms with van der Waals surface area (Å²) in [6, 6.07) is 8.67. The van der Waals surface area contributed by atoms with E-state index in [0.29, 0.717) is 46.9 Å². The van der Waals surface area contributed by atoms with Gasteiger partial charge in [0, 0.05) is 36.6 Å². The number of pyridine rings is 2. The molecule has 1 aromatic carbocycles. The van der Waals surface area contributed by atoms with Gasteiger partial charge in [0.25, 0.3) is 5.91 Å². The lowest BCUT2D eigenvalue weighted by Gasteiger charge is -2.20. The van der Waals surface area contributed by atoms with E-state index in [9.17, 15) is 4.79 Å². The second kappa shape index (κ2) is 8.27. The third-order valence-corrected chi connectivity index (χ3v) is 5.67. The van der Waals surface area contributed by atoms with Gasteiger partial charge in [-0.1, -0.05) is 13.8 Å². The Labute approximate surface area is 190 Å². The molecule has 0 radical (unpaired) electrons. The molecule has 7 nitrogen and oxygen atoms in total. The van der Waals surface area contributed by atoms with Crippen LogP contribution < -0.4 is 4.74 Å². The van der Waals surface area contributed by atoms with Gasteiger partial charge in [0.1, 0.15) is 11.6 Å². The minimum atomic E-state index is -0.420. The van der Waals surface area contributed by atoms with Gasteiger partial charge in [-0.25, -0.2) is 9.37 Å². The van der Waals surface area contributed by atoms with Crippen LogP contribution in [0.5, 0.6) is 5.75 Å². The number of benzene rings is 1. The van der Waals surface area contributed by atoms with Crippen LogP contribution >= 0.6 is 0 Å². The number of halogens is 1. The van der Waals surface area contributed by atoms with Gasteiger partial charge in [-0.15, -0.1) is 0 Å². The van der Waals surface area contributed by atoms with Crippen molar-refractivity contribution in [2.45, 2.75) is 26.9 Å². The van der Waals surface area contributed by atoms with Crippen molar-refractivity contribution < 1.29 is 13.9 Å². The van der Waals surface area contributed by atoms with Crippen LogP contribution in [0.2, 0.25) is 0 Å². The number of carbonyl (C=O) groups excluding carboxylic acids is 1. The fourth-order valence-corrected chi connectivity index (χ4v) is 4.09. The average Bonchev–Trinajstić information content (AvgIpc) is 3.32. The first-order chi connectivity index (χ1) is 15.9. The molecular weight excluding hydrogens is 421 g/mol. The van der Waals surface area contributed by atoms with Crippen LogP contribution in [0.25, 0.3) is 22.2 Å². The zero-order valence-electron chi connectivity index (χ0n) is 18.7. The van der Waals surface area contributed by atoms with Gasteiger partial charge >= 0.3 is 0 Å². The molecule has 0 fully saturated rings. The molecule has 0 atom stereocenters. The summed E-state index contributed by atoms with van der Waals surface area (Å²) >= 11 is 0. The molecule has 0 bridgehead atoms. The van der Waals surface area contributed by atoms with E-state index in [0.717, 1.165) is 10.9 Å². The zero-order valence-corrected chi connectivity index (χ0v) is 18.7. The highest BCUT2D eigenvalue weighted by Gasteiger charge is 2.30. The van der Waals surface area contributed by atoms with E-state index in [1.54, 1.807) is 34.1 Å². The third-order valence-electron chi connectivity index (χ3n) is 5.67. The first-order valence-corrected chi connectivity index (χ1v) is 10.9. The highest BCUT2D eigenvalue weighted by molar-refractivity contribution is 5.97. The molecule has 0 saturated carbocycles. The molecule has 0 unspecified atom stereocenters. The van der Waals surface area contributed by atoms with E-state index in [2.05, 4.69) is 15.1 Å². The number of hydrogen-bond acceptors (Lipinski definition) is 5. The lowest BCUT2D eigenvalue weighted by Crippen LogP contribution is -2.24. The maximum Gasteiger partial charge on any atom is 0.256 e.